The maximum absolute atomic E-state index is 10.7. The zero-order chi connectivity index (χ0) is 25.0. The van der Waals surface area contributed by atoms with Gasteiger partial charge in [-0.25, -0.2) is 4.79 Å². The van der Waals surface area contributed by atoms with Crippen molar-refractivity contribution in [3.8, 4) is 0 Å². The quantitative estimate of drug-likeness (QED) is 0.295. The minimum atomic E-state index is -2.02. The fraction of sp³-hybridized carbons (Fsp3) is 0.864. The number of aliphatic hydroxyl groups excluding tert-OH is 3. The first kappa shape index (κ1) is 30.7. The summed E-state index contributed by atoms with van der Waals surface area (Å²) in [4.78, 5) is 9.60. The molecule has 0 spiro atoms. The van der Waals surface area contributed by atoms with Gasteiger partial charge in [0, 0.05) is 5.57 Å². The Hall–Kier alpha value is -0.299. The van der Waals surface area contributed by atoms with Gasteiger partial charge in [-0.15, -0.1) is 0 Å². The standard InChI is InChI=1S/C18H42O4Si3.C4H6O2/c1-10-16(17(21)15(20)13-19)25(9)12-11-18(3,22-24(25,7)8)14(2)23(4,5)6;1-3(2)4(5)6/h14-17,19-21H,10-13H2,1-9H3;1H2,2H3,(H,5,6). The highest BCUT2D eigenvalue weighted by Gasteiger charge is 2.60. The number of carbonyl (C=O) groups is 1. The van der Waals surface area contributed by atoms with E-state index in [1.807, 2.05) is 0 Å². The minimum Gasteiger partial charge on any atom is -0.478 e. The summed E-state index contributed by atoms with van der Waals surface area (Å²) in [6.45, 7) is 25.3. The van der Waals surface area contributed by atoms with E-state index < -0.39 is 41.7 Å². The summed E-state index contributed by atoms with van der Waals surface area (Å²) in [6, 6.07) is 1.14. The molecule has 4 N–H and O–H groups in total. The van der Waals surface area contributed by atoms with Crippen LogP contribution in [0.15, 0.2) is 12.2 Å². The van der Waals surface area contributed by atoms with Gasteiger partial charge in [-0.2, -0.15) is 0 Å². The van der Waals surface area contributed by atoms with Gasteiger partial charge in [-0.1, -0.05) is 59.1 Å². The van der Waals surface area contributed by atoms with Crippen LogP contribution in [0.2, 0.25) is 56.4 Å². The van der Waals surface area contributed by atoms with Gasteiger partial charge in [0.1, 0.15) is 6.10 Å². The fourth-order valence-electron chi connectivity index (χ4n) is 4.86. The van der Waals surface area contributed by atoms with Crippen LogP contribution in [-0.4, -0.2) is 74.3 Å². The molecule has 1 saturated heterocycles. The molecule has 0 aromatic rings. The molecule has 0 bridgehead atoms. The van der Waals surface area contributed by atoms with E-state index in [0.29, 0.717) is 5.54 Å². The average molecular weight is 493 g/mol. The summed E-state index contributed by atoms with van der Waals surface area (Å²) in [6.07, 6.45) is -0.00838. The van der Waals surface area contributed by atoms with Crippen LogP contribution in [0.5, 0.6) is 0 Å². The van der Waals surface area contributed by atoms with Crippen molar-refractivity contribution in [1.29, 1.82) is 0 Å². The molecule has 6 unspecified atom stereocenters. The third-order valence-corrected chi connectivity index (χ3v) is 28.9. The Bertz CT molecular complexity index is 609. The first-order valence-electron chi connectivity index (χ1n) is 11.4. The molecule has 6 atom stereocenters. The molecule has 0 radical (unpaired) electrons. The highest BCUT2D eigenvalue weighted by Crippen LogP contribution is 2.52. The normalized spacial score (nSPS) is 29.7. The predicted molar refractivity (Wildman–Crippen MR) is 136 cm³/mol. The number of aliphatic hydroxyl groups is 3. The van der Waals surface area contributed by atoms with Crippen LogP contribution in [0.25, 0.3) is 0 Å². The summed E-state index contributed by atoms with van der Waals surface area (Å²) in [5, 5.41) is 37.9. The van der Waals surface area contributed by atoms with Crippen molar-refractivity contribution in [3.05, 3.63) is 12.2 Å². The van der Waals surface area contributed by atoms with Gasteiger partial charge in [0.25, 0.3) is 0 Å². The highest BCUT2D eigenvalue weighted by atomic mass is 29.3. The van der Waals surface area contributed by atoms with Crippen LogP contribution in [0.3, 0.4) is 0 Å². The number of carboxylic acids is 1. The lowest BCUT2D eigenvalue weighted by atomic mass is 10.00. The van der Waals surface area contributed by atoms with E-state index in [0.717, 1.165) is 18.9 Å². The van der Waals surface area contributed by atoms with Crippen molar-refractivity contribution in [3.63, 3.8) is 0 Å². The van der Waals surface area contributed by atoms with Crippen LogP contribution < -0.4 is 0 Å². The van der Waals surface area contributed by atoms with E-state index in [4.69, 9.17) is 9.53 Å². The molecule has 0 aromatic heterocycles. The Kier molecular flexibility index (Phi) is 11.1. The van der Waals surface area contributed by atoms with Crippen LogP contribution in [0.1, 0.15) is 40.5 Å². The molecular weight excluding hydrogens is 444 g/mol. The van der Waals surface area contributed by atoms with Crippen molar-refractivity contribution in [2.45, 2.75) is 115 Å². The number of aliphatic carboxylic acids is 1. The van der Waals surface area contributed by atoms with Crippen molar-refractivity contribution in [2.75, 3.05) is 6.61 Å². The van der Waals surface area contributed by atoms with Crippen LogP contribution in [-0.2, 0) is 9.22 Å². The SMILES string of the molecule is C=C(C)C(=O)O.CCC(C(O)C(O)CO)[Si]1(C)CCC(C)(C(C)[Si](C)(C)C)O[Si]1(C)C. The Labute approximate surface area is 192 Å². The average Bonchev–Trinajstić information content (AvgIpc) is 2.63. The molecule has 1 fully saturated rings. The van der Waals surface area contributed by atoms with Gasteiger partial charge in [-0.05, 0) is 44.4 Å². The lowest BCUT2D eigenvalue weighted by Crippen LogP contribution is -2.71. The third kappa shape index (κ3) is 7.35. The summed E-state index contributed by atoms with van der Waals surface area (Å²) in [5.74, 6) is -0.935. The van der Waals surface area contributed by atoms with Crippen LogP contribution >= 0.6 is 0 Å². The second kappa shape index (κ2) is 11.2. The molecule has 6 nitrogen and oxygen atoms in total. The first-order chi connectivity index (χ1) is 13.8. The van der Waals surface area contributed by atoms with E-state index in [1.54, 1.807) is 0 Å². The van der Waals surface area contributed by atoms with Crippen molar-refractivity contribution < 1.29 is 29.6 Å². The molecule has 9 heteroatoms. The molecule has 1 aliphatic heterocycles. The minimum absolute atomic E-state index is 0.0639. The maximum atomic E-state index is 10.7. The van der Waals surface area contributed by atoms with Gasteiger partial charge in [0.2, 0.25) is 0 Å². The zero-order valence-electron chi connectivity index (χ0n) is 21.5. The fourth-order valence-corrected chi connectivity index (χ4v) is 20.8. The zero-order valence-corrected chi connectivity index (χ0v) is 24.5. The largest absolute Gasteiger partial charge is 0.478 e. The highest BCUT2D eigenvalue weighted by molar-refractivity contribution is 7.39. The summed E-state index contributed by atoms with van der Waals surface area (Å²) >= 11 is 0. The smallest absolute Gasteiger partial charge is 0.330 e. The van der Waals surface area contributed by atoms with Gasteiger partial charge >= 0.3 is 5.97 Å². The molecule has 1 rings (SSSR count). The molecule has 184 valence electrons. The van der Waals surface area contributed by atoms with Crippen molar-refractivity contribution >= 4 is 29.5 Å². The number of hydrogen-bond acceptors (Lipinski definition) is 5. The van der Waals surface area contributed by atoms with E-state index in [2.05, 4.69) is 66.6 Å². The number of rotatable bonds is 8. The van der Waals surface area contributed by atoms with E-state index in [9.17, 15) is 20.1 Å². The van der Waals surface area contributed by atoms with Crippen LogP contribution in [0.4, 0.5) is 0 Å². The van der Waals surface area contributed by atoms with Gasteiger partial charge in [0.15, 0.2) is 7.83 Å². The van der Waals surface area contributed by atoms with Gasteiger partial charge in [-0.3, -0.25) is 0 Å². The topological polar surface area (TPSA) is 107 Å². The molecule has 0 aliphatic carbocycles. The Morgan fingerprint density at radius 1 is 1.23 bits per heavy atom. The maximum Gasteiger partial charge on any atom is 0.330 e. The van der Waals surface area contributed by atoms with E-state index in [1.165, 1.54) is 6.92 Å². The predicted octanol–water partition coefficient (Wildman–Crippen LogP) is 4.40. The van der Waals surface area contributed by atoms with E-state index in [-0.39, 0.29) is 23.3 Å². The summed E-state index contributed by atoms with van der Waals surface area (Å²) in [5.41, 5.74) is 0.766. The molecule has 1 heterocycles. The Morgan fingerprint density at radius 2 is 1.68 bits per heavy atom. The Morgan fingerprint density at radius 3 is 1.97 bits per heavy atom. The number of carboxylic acid groups (broad SMARTS) is 1. The lowest BCUT2D eigenvalue weighted by molar-refractivity contribution is -0.132. The van der Waals surface area contributed by atoms with Crippen LogP contribution in [0, 0.1) is 0 Å². The lowest BCUT2D eigenvalue weighted by Gasteiger charge is -2.58. The first-order valence-corrected chi connectivity index (χ1v) is 21.6. The van der Waals surface area contributed by atoms with Crippen molar-refractivity contribution in [1.82, 2.24) is 0 Å². The summed E-state index contributed by atoms with van der Waals surface area (Å²) in [7, 11) is -5.26. The molecule has 0 saturated carbocycles. The monoisotopic (exact) mass is 492 g/mol. The molecule has 0 aromatic carbocycles. The van der Waals surface area contributed by atoms with Crippen molar-refractivity contribution in [2.24, 2.45) is 0 Å². The van der Waals surface area contributed by atoms with Gasteiger partial charge in [0.05, 0.1) is 34.0 Å². The molecule has 1 aliphatic rings. The second-order valence-corrected chi connectivity index (χ2v) is 31.2. The second-order valence-electron chi connectivity index (χ2n) is 11.3. The molecule has 31 heavy (non-hydrogen) atoms. The number of hydrogen-bond donors (Lipinski definition) is 4. The third-order valence-electron chi connectivity index (χ3n) is 7.84. The summed E-state index contributed by atoms with van der Waals surface area (Å²) < 4.78 is 6.99. The molecule has 0 amide bonds. The van der Waals surface area contributed by atoms with Gasteiger partial charge < -0.3 is 24.9 Å². The molecular formula is C22H48O6Si3. The van der Waals surface area contributed by atoms with E-state index >= 15 is 0 Å². The Balaban J connectivity index is 0.00000131.